The Morgan fingerprint density at radius 3 is 2.48 bits per heavy atom. The van der Waals surface area contributed by atoms with Crippen LogP contribution in [0.3, 0.4) is 0 Å². The quantitative estimate of drug-likeness (QED) is 0.0300. The minimum Gasteiger partial charge on any atom is -0.507 e. The molecule has 4 bridgehead atoms. The number of esters is 1. The number of guanidine groups is 1. The van der Waals surface area contributed by atoms with Crippen LogP contribution in [-0.2, 0) is 52.2 Å². The van der Waals surface area contributed by atoms with Crippen molar-refractivity contribution in [3.8, 4) is 29.1 Å². The third-order valence-electron chi connectivity index (χ3n) is 18.2. The Kier molecular flexibility index (Phi) is 16.0. The highest BCUT2D eigenvalue weighted by atomic mass is 16.7. The number of aliphatic hydroxyl groups excluding tert-OH is 3. The number of ketones is 2. The van der Waals surface area contributed by atoms with Crippen LogP contribution >= 0.6 is 0 Å². The lowest BCUT2D eigenvalue weighted by Gasteiger charge is -2.47. The number of aliphatic imine (C=N–C) groups is 1. The van der Waals surface area contributed by atoms with E-state index in [2.05, 4.69) is 22.2 Å². The Morgan fingerprint density at radius 2 is 1.72 bits per heavy atom. The number of ether oxygens (including phenoxy) is 4. The zero-order valence-electron chi connectivity index (χ0n) is 46.6. The van der Waals surface area contributed by atoms with E-state index in [4.69, 9.17) is 30.4 Å². The second kappa shape index (κ2) is 23.0. The van der Waals surface area contributed by atoms with Gasteiger partial charge in [-0.3, -0.25) is 19.2 Å². The molecule has 4 aromatic rings. The van der Waals surface area contributed by atoms with Gasteiger partial charge in [-0.15, -0.1) is 0 Å². The summed E-state index contributed by atoms with van der Waals surface area (Å²) in [4.78, 5) is 63.0. The van der Waals surface area contributed by atoms with Crippen LogP contribution < -0.4 is 26.3 Å². The number of phenolic OH excluding ortho intramolecular Hbond substituents is 1. The number of hydrogen-bond donors (Lipinski definition) is 10. The molecule has 0 radical (unpaired) electrons. The Hall–Kier alpha value is -6.83. The molecule has 0 amide bonds. The third kappa shape index (κ3) is 10.8. The zero-order chi connectivity index (χ0) is 58.7. The molecule has 2 aliphatic heterocycles. The number of nitrogens with two attached hydrogens (primary N) is 2. The normalized spacial score (nSPS) is 27.8. The lowest BCUT2D eigenvalue weighted by molar-refractivity contribution is -0.379. The van der Waals surface area contributed by atoms with E-state index >= 15 is 9.59 Å². The first-order chi connectivity index (χ1) is 39.7. The van der Waals surface area contributed by atoms with Crippen LogP contribution in [0.15, 0.2) is 47.5 Å². The maximum atomic E-state index is 16.1. The summed E-state index contributed by atoms with van der Waals surface area (Å²) >= 11 is 0. The number of fused-ring (bicyclic) bond motifs is 5. The first-order valence-corrected chi connectivity index (χ1v) is 28.9. The van der Waals surface area contributed by atoms with E-state index in [0.29, 0.717) is 48.7 Å². The van der Waals surface area contributed by atoms with Gasteiger partial charge in [-0.05, 0) is 129 Å². The number of aldehydes is 1. The van der Waals surface area contributed by atoms with Gasteiger partial charge < -0.3 is 71.5 Å². The molecule has 9 unspecified atom stereocenters. The first-order valence-electron chi connectivity index (χ1n) is 28.9. The van der Waals surface area contributed by atoms with Crippen molar-refractivity contribution in [2.24, 2.45) is 22.4 Å². The summed E-state index contributed by atoms with van der Waals surface area (Å²) < 4.78 is 25.5. The summed E-state index contributed by atoms with van der Waals surface area (Å²) in [5.41, 5.74) is 12.4. The predicted octanol–water partition coefficient (Wildman–Crippen LogP) is 4.59. The second-order valence-electron chi connectivity index (χ2n) is 23.8. The highest BCUT2D eigenvalue weighted by Crippen LogP contribution is 2.53. The van der Waals surface area contributed by atoms with Crippen LogP contribution in [-0.4, -0.2) is 126 Å². The monoisotopic (exact) mass is 1140 g/mol. The molecule has 5 aliphatic carbocycles. The van der Waals surface area contributed by atoms with Crippen LogP contribution in [0.2, 0.25) is 0 Å². The molecule has 2 heterocycles. The van der Waals surface area contributed by atoms with Gasteiger partial charge in [-0.1, -0.05) is 73.6 Å². The van der Waals surface area contributed by atoms with Crippen molar-refractivity contribution >= 4 is 41.9 Å². The summed E-state index contributed by atoms with van der Waals surface area (Å²) in [6.45, 7) is 1.45. The van der Waals surface area contributed by atoms with Crippen molar-refractivity contribution in [1.82, 2.24) is 5.32 Å². The topological polar surface area (TPSA) is 323 Å². The number of hydrogen-bond acceptors (Lipinski definition) is 19. The molecule has 3 fully saturated rings. The molecule has 1 saturated heterocycles. The number of aliphatic hydroxyl groups is 6. The molecule has 9 atom stereocenters. The number of nitrogens with zero attached hydrogens (tertiary/aromatic N) is 1. The van der Waals surface area contributed by atoms with Crippen LogP contribution in [0.5, 0.6) is 17.2 Å². The predicted molar refractivity (Wildman–Crippen MR) is 303 cm³/mol. The highest BCUT2D eigenvalue weighted by molar-refractivity contribution is 6.32. The Morgan fingerprint density at radius 1 is 0.940 bits per heavy atom. The molecule has 12 N–H and O–H groups in total. The number of nitrogens with one attached hydrogen (secondary N) is 1. The number of aryl methyl sites for hydroxylation is 1. The summed E-state index contributed by atoms with van der Waals surface area (Å²) in [6, 6.07) is 10.6. The van der Waals surface area contributed by atoms with Gasteiger partial charge in [0.05, 0.1) is 48.7 Å². The number of benzene rings is 4. The minimum absolute atomic E-state index is 0.0330. The lowest BCUT2D eigenvalue weighted by Crippen LogP contribution is -2.68. The number of carbonyl (C=O) groups excluding carboxylic acids is 4. The molecular weight excluding hydrogens is 1060 g/mol. The van der Waals surface area contributed by atoms with Crippen molar-refractivity contribution < 1.29 is 73.9 Å². The van der Waals surface area contributed by atoms with Gasteiger partial charge in [-0.25, -0.2) is 4.99 Å². The van der Waals surface area contributed by atoms with Gasteiger partial charge in [0.2, 0.25) is 12.1 Å². The third-order valence-corrected chi connectivity index (χ3v) is 18.2. The fourth-order valence-corrected chi connectivity index (χ4v) is 14.3. The molecular formula is C64H72N4O15. The van der Waals surface area contributed by atoms with E-state index in [1.54, 1.807) is 24.3 Å². The van der Waals surface area contributed by atoms with Gasteiger partial charge in [-0.2, -0.15) is 0 Å². The minimum atomic E-state index is -3.10. The summed E-state index contributed by atoms with van der Waals surface area (Å²) in [7, 11) is 0. The smallest absolute Gasteiger partial charge is 0.308 e. The molecule has 19 nitrogen and oxygen atoms in total. The first kappa shape index (κ1) is 58.0. The standard InChI is InChI=1S/C64H72N4O15/c1-33-58(76)64(78,79)59(80-32-42-29-62(68-61(66)67-42)22-4-3-5-23-62)60(81-33)83-57-45-13-7-12-41(65)19-20-43(72)26-36-10-6-9-35(25-36)14-21-44-48(82-34(2)71)28-39(30-69)49-50(44)56(75)51(45)52(55(49)74)54(73)46(57)27-38-16-15-37-17-18-40-11-8-24-63(40,77)53(37)47(38)31-70/h6,9-10,14-16,21,25,28,31,33,40-43,58-60,69,72-73,76-79H,3-5,8,11,13,17-20,22-24,26-27,29-30,32,65H2,1-2H3,(H3,66,67,68). The molecule has 4 aromatic carbocycles. The van der Waals surface area contributed by atoms with E-state index in [0.717, 1.165) is 63.0 Å². The summed E-state index contributed by atoms with van der Waals surface area (Å²) in [5, 5.41) is 86.8. The Balaban J connectivity index is 1.14. The fraction of sp³-hybridized carbons (Fsp3) is 0.484. The van der Waals surface area contributed by atoms with Gasteiger partial charge in [0.1, 0.15) is 23.4 Å². The average molecular weight is 1140 g/mol. The summed E-state index contributed by atoms with van der Waals surface area (Å²) in [5.74, 6) is -0.814. The van der Waals surface area contributed by atoms with Crippen molar-refractivity contribution in [2.75, 3.05) is 6.61 Å². The van der Waals surface area contributed by atoms with Crippen LogP contribution in [0.4, 0.5) is 0 Å². The van der Waals surface area contributed by atoms with Crippen molar-refractivity contribution in [3.05, 3.63) is 120 Å². The SMILES string of the molecule is CC(=O)Oc1cc(CO)c2c3c1C=Cc1cccc(c1)CC(O)CCC(N)C#CCc1c(OC4OC(C)C(O)C(O)(O)C4OCC4CC5(CCCCC5)NC(N)=N4)c(Cc4ccc5c(c4C=O)C4(O)CCCC4CC5)c(O)c(c1C3=O)C2=O. The molecule has 438 valence electrons. The van der Waals surface area contributed by atoms with Gasteiger partial charge >= 0.3 is 5.97 Å². The van der Waals surface area contributed by atoms with Crippen molar-refractivity contribution in [1.29, 1.82) is 0 Å². The second-order valence-corrected chi connectivity index (χ2v) is 23.8. The number of phenols is 1. The van der Waals surface area contributed by atoms with Crippen molar-refractivity contribution in [3.63, 3.8) is 0 Å². The van der Waals surface area contributed by atoms with Gasteiger partial charge in [0.25, 0.3) is 0 Å². The number of rotatable bonds is 10. The largest absolute Gasteiger partial charge is 0.507 e. The van der Waals surface area contributed by atoms with E-state index in [9.17, 15) is 45.3 Å². The molecule has 0 aromatic heterocycles. The lowest BCUT2D eigenvalue weighted by atomic mass is 9.70. The Bertz CT molecular complexity index is 3410. The molecule has 1 spiro atoms. The van der Waals surface area contributed by atoms with E-state index in [-0.39, 0.29) is 93.7 Å². The molecule has 19 heteroatoms. The van der Waals surface area contributed by atoms with Crippen LogP contribution in [0, 0.1) is 17.8 Å². The Labute approximate surface area is 480 Å². The van der Waals surface area contributed by atoms with E-state index in [1.165, 1.54) is 19.1 Å². The zero-order valence-corrected chi connectivity index (χ0v) is 46.6. The van der Waals surface area contributed by atoms with Crippen molar-refractivity contribution in [2.45, 2.75) is 183 Å². The van der Waals surface area contributed by atoms with Gasteiger partial charge in [0, 0.05) is 64.2 Å². The van der Waals surface area contributed by atoms with E-state index < -0.39 is 108 Å². The van der Waals surface area contributed by atoms with Crippen LogP contribution in [0.1, 0.15) is 183 Å². The molecule has 7 aliphatic rings. The molecule has 83 heavy (non-hydrogen) atoms. The fourth-order valence-electron chi connectivity index (χ4n) is 14.3. The number of aromatic hydroxyl groups is 1. The average Bonchev–Trinajstić information content (AvgIpc) is 1.74. The molecule has 11 rings (SSSR count). The van der Waals surface area contributed by atoms with E-state index in [1.807, 2.05) is 18.2 Å². The maximum absolute atomic E-state index is 16.1. The highest BCUT2D eigenvalue weighted by Gasteiger charge is 2.57. The maximum Gasteiger partial charge on any atom is 0.308 e. The summed E-state index contributed by atoms with van der Waals surface area (Å²) in [6.07, 6.45) is 4.01. The number of carbonyl (C=O) groups is 4. The van der Waals surface area contributed by atoms with Crippen LogP contribution in [0.25, 0.3) is 12.2 Å². The molecule has 2 saturated carbocycles. The van der Waals surface area contributed by atoms with Gasteiger partial charge in [0.15, 0.2) is 29.9 Å².